The summed E-state index contributed by atoms with van der Waals surface area (Å²) in [6.07, 6.45) is 0. The molecule has 0 aliphatic carbocycles. The van der Waals surface area contributed by atoms with E-state index in [1.807, 2.05) is 29.8 Å². The predicted molar refractivity (Wildman–Crippen MR) is 55.7 cm³/mol. The highest BCUT2D eigenvalue weighted by Crippen LogP contribution is 2.26. The van der Waals surface area contributed by atoms with Crippen LogP contribution in [0.4, 0.5) is 0 Å². The lowest BCUT2D eigenvalue weighted by atomic mass is 10.7. The zero-order valence-electron chi connectivity index (χ0n) is 7.03. The Morgan fingerprint density at radius 3 is 2.92 bits per heavy atom. The molecule has 0 bridgehead atoms. The van der Waals surface area contributed by atoms with Gasteiger partial charge in [0.1, 0.15) is 0 Å². The average molecular weight is 201 g/mol. The third-order valence-corrected chi connectivity index (χ3v) is 4.24. The van der Waals surface area contributed by atoms with Gasteiger partial charge in [0.05, 0.1) is 4.21 Å². The van der Waals surface area contributed by atoms with Crippen LogP contribution in [0.3, 0.4) is 0 Å². The third-order valence-electron chi connectivity index (χ3n) is 1.20. The molecule has 0 fully saturated rings. The van der Waals surface area contributed by atoms with Gasteiger partial charge in [-0.25, -0.2) is 0 Å². The van der Waals surface area contributed by atoms with E-state index in [9.17, 15) is 4.79 Å². The molecule has 4 heteroatoms. The van der Waals surface area contributed by atoms with Crippen LogP contribution in [0.15, 0.2) is 21.7 Å². The van der Waals surface area contributed by atoms with Crippen LogP contribution >= 0.6 is 22.0 Å². The highest BCUT2D eigenvalue weighted by molar-refractivity contribution is 8.15. The molecule has 0 radical (unpaired) electrons. The lowest BCUT2D eigenvalue weighted by Gasteiger charge is -2.05. The van der Waals surface area contributed by atoms with Crippen molar-refractivity contribution in [2.24, 2.45) is 0 Å². The Bertz CT molecular complexity index is 290. The van der Waals surface area contributed by atoms with Gasteiger partial charge in [-0.2, -0.15) is 0 Å². The maximum Gasteiger partial charge on any atom is 0.226 e. The van der Waals surface area contributed by atoms with Gasteiger partial charge in [0.15, 0.2) is 0 Å². The summed E-state index contributed by atoms with van der Waals surface area (Å²) in [4.78, 5) is 10.8. The van der Waals surface area contributed by atoms with Crippen LogP contribution in [0.5, 0.6) is 0 Å². The van der Waals surface area contributed by atoms with Crippen LogP contribution in [-0.2, 0) is 4.79 Å². The fourth-order valence-electron chi connectivity index (χ4n) is 0.769. The summed E-state index contributed by atoms with van der Waals surface area (Å²) in [5, 5.41) is 4.02. The summed E-state index contributed by atoms with van der Waals surface area (Å²) < 4.78 is 4.08. The Balaban J connectivity index is 2.78. The average Bonchev–Trinajstić information content (AvgIpc) is 2.51. The Labute approximate surface area is 78.7 Å². The SMILES string of the molecule is C/C=S(\NC(C)=O)c1cccs1. The molecule has 0 aromatic carbocycles. The molecule has 1 unspecified atom stereocenters. The highest BCUT2D eigenvalue weighted by atomic mass is 32.2. The molecule has 1 aromatic heterocycles. The number of carbonyl (C=O) groups excluding carboxylic acids is 1. The quantitative estimate of drug-likeness (QED) is 0.731. The molecule has 0 saturated carbocycles. The van der Waals surface area contributed by atoms with Crippen LogP contribution in [0.1, 0.15) is 13.8 Å². The van der Waals surface area contributed by atoms with E-state index in [4.69, 9.17) is 0 Å². The van der Waals surface area contributed by atoms with Gasteiger partial charge in [0, 0.05) is 6.92 Å². The molecule has 1 amide bonds. The molecule has 1 heterocycles. The molecule has 0 spiro atoms. The fourth-order valence-corrected chi connectivity index (χ4v) is 3.20. The van der Waals surface area contributed by atoms with Crippen molar-refractivity contribution in [3.05, 3.63) is 17.5 Å². The smallest absolute Gasteiger partial charge is 0.226 e. The van der Waals surface area contributed by atoms with Gasteiger partial charge in [-0.3, -0.25) is 4.79 Å². The van der Waals surface area contributed by atoms with E-state index in [-0.39, 0.29) is 16.6 Å². The minimum absolute atomic E-state index is 0.0184. The second-order valence-electron chi connectivity index (χ2n) is 2.16. The first kappa shape index (κ1) is 9.48. The topological polar surface area (TPSA) is 29.1 Å². The van der Waals surface area contributed by atoms with Crippen molar-refractivity contribution in [2.75, 3.05) is 0 Å². The van der Waals surface area contributed by atoms with Crippen molar-refractivity contribution < 1.29 is 4.79 Å². The summed E-state index contributed by atoms with van der Waals surface area (Å²) in [5.41, 5.74) is 0. The second kappa shape index (κ2) is 4.42. The first-order chi connectivity index (χ1) is 5.74. The fraction of sp³-hybridized carbons (Fsp3) is 0.250. The molecule has 0 saturated heterocycles. The molecule has 1 aromatic rings. The number of nitrogens with one attached hydrogen (secondary N) is 1. The van der Waals surface area contributed by atoms with Gasteiger partial charge in [0.2, 0.25) is 5.91 Å². The van der Waals surface area contributed by atoms with Crippen molar-refractivity contribution in [1.82, 2.24) is 4.72 Å². The zero-order valence-corrected chi connectivity index (χ0v) is 8.67. The maximum absolute atomic E-state index is 10.8. The van der Waals surface area contributed by atoms with Gasteiger partial charge in [-0.05, 0) is 23.7 Å². The van der Waals surface area contributed by atoms with Crippen LogP contribution in [0.2, 0.25) is 0 Å². The Kier molecular flexibility index (Phi) is 3.49. The van der Waals surface area contributed by atoms with Gasteiger partial charge in [-0.1, -0.05) is 16.7 Å². The van der Waals surface area contributed by atoms with Crippen LogP contribution in [0, 0.1) is 0 Å². The number of rotatable bonds is 2. The number of hydrogen-bond donors (Lipinski definition) is 1. The summed E-state index contributed by atoms with van der Waals surface area (Å²) in [5.74, 6) is 0.0184. The Morgan fingerprint density at radius 1 is 1.75 bits per heavy atom. The molecule has 2 nitrogen and oxygen atoms in total. The van der Waals surface area contributed by atoms with Crippen molar-refractivity contribution >= 4 is 33.3 Å². The summed E-state index contributed by atoms with van der Waals surface area (Å²) in [7, 11) is -0.200. The van der Waals surface area contributed by atoms with E-state index in [0.29, 0.717) is 0 Å². The van der Waals surface area contributed by atoms with Crippen molar-refractivity contribution in [1.29, 1.82) is 0 Å². The number of amides is 1. The largest absolute Gasteiger partial charge is 0.302 e. The van der Waals surface area contributed by atoms with Crippen LogP contribution < -0.4 is 4.72 Å². The Hall–Kier alpha value is -0.610. The number of hydrogen-bond acceptors (Lipinski definition) is 2. The van der Waals surface area contributed by atoms with E-state index in [0.717, 1.165) is 0 Å². The van der Waals surface area contributed by atoms with E-state index in [1.165, 1.54) is 11.1 Å². The molecule has 12 heavy (non-hydrogen) atoms. The molecular formula is C8H11NOS2. The lowest BCUT2D eigenvalue weighted by Crippen LogP contribution is -2.12. The normalized spacial score (nSPS) is 12.8. The molecule has 1 rings (SSSR count). The first-order valence-corrected chi connectivity index (χ1v) is 5.74. The van der Waals surface area contributed by atoms with Gasteiger partial charge in [0.25, 0.3) is 0 Å². The molecular weight excluding hydrogens is 190 g/mol. The van der Waals surface area contributed by atoms with Crippen LogP contribution in [0.25, 0.3) is 0 Å². The number of thiophene rings is 1. The molecule has 1 N–H and O–H groups in total. The van der Waals surface area contributed by atoms with E-state index >= 15 is 0 Å². The second-order valence-corrected chi connectivity index (χ2v) is 5.16. The molecule has 66 valence electrons. The van der Waals surface area contributed by atoms with Crippen molar-refractivity contribution in [3.8, 4) is 0 Å². The van der Waals surface area contributed by atoms with E-state index < -0.39 is 0 Å². The first-order valence-electron chi connectivity index (χ1n) is 3.57. The number of carbonyl (C=O) groups is 1. The zero-order chi connectivity index (χ0) is 8.97. The summed E-state index contributed by atoms with van der Waals surface area (Å²) in [6, 6.07) is 4.02. The molecule has 1 atom stereocenters. The highest BCUT2D eigenvalue weighted by Gasteiger charge is 2.00. The van der Waals surface area contributed by atoms with Gasteiger partial charge in [-0.15, -0.1) is 11.3 Å². The standard InChI is InChI=1S/C8H11NOS2/c1-3-12(9-7(2)10)8-5-4-6-11-8/h3-6H,1-2H3,(H,9,10). The van der Waals surface area contributed by atoms with E-state index in [2.05, 4.69) is 4.72 Å². The third kappa shape index (κ3) is 2.46. The summed E-state index contributed by atoms with van der Waals surface area (Å²) >= 11 is 1.66. The Morgan fingerprint density at radius 2 is 2.50 bits per heavy atom. The summed E-state index contributed by atoms with van der Waals surface area (Å²) in [6.45, 7) is 3.50. The van der Waals surface area contributed by atoms with Gasteiger partial charge >= 0.3 is 0 Å². The van der Waals surface area contributed by atoms with Crippen molar-refractivity contribution in [3.63, 3.8) is 0 Å². The lowest BCUT2D eigenvalue weighted by molar-refractivity contribution is -0.117. The van der Waals surface area contributed by atoms with Crippen molar-refractivity contribution in [2.45, 2.75) is 18.1 Å². The predicted octanol–water partition coefficient (Wildman–Crippen LogP) is 2.25. The monoisotopic (exact) mass is 201 g/mol. The minimum Gasteiger partial charge on any atom is -0.302 e. The van der Waals surface area contributed by atoms with Crippen LogP contribution in [-0.4, -0.2) is 11.3 Å². The maximum atomic E-state index is 10.8. The molecule has 0 aliphatic heterocycles. The van der Waals surface area contributed by atoms with Gasteiger partial charge < -0.3 is 4.72 Å². The molecule has 0 aliphatic rings. The minimum atomic E-state index is -0.200. The van der Waals surface area contributed by atoms with E-state index in [1.54, 1.807) is 11.3 Å².